The van der Waals surface area contributed by atoms with Crippen molar-refractivity contribution in [2.45, 2.75) is 65.2 Å². The Morgan fingerprint density at radius 2 is 1.26 bits per heavy atom. The second-order valence-electron chi connectivity index (χ2n) is 16.9. The molecule has 2 heterocycles. The number of aromatic hydroxyl groups is 1. The Kier molecular flexibility index (Phi) is 11.0. The molecule has 1 N–H and O–H groups in total. The number of hydrogen-bond acceptors (Lipinski definition) is 3. The van der Waals surface area contributed by atoms with Crippen LogP contribution in [0.1, 0.15) is 76.6 Å². The molecule has 5 heteroatoms. The van der Waals surface area contributed by atoms with Crippen LogP contribution in [0.3, 0.4) is 0 Å². The number of phenolic OH excluding ortho intramolecular Hbond substituents is 1. The average molecular weight is 926 g/mol. The molecule has 4 nitrogen and oxygen atoms in total. The molecule has 0 saturated heterocycles. The molecule has 8 aromatic rings. The minimum Gasteiger partial charge on any atom is -0.507 e. The predicted octanol–water partition coefficient (Wildman–Crippen LogP) is 13.3. The van der Waals surface area contributed by atoms with E-state index in [9.17, 15) is 5.11 Å². The molecule has 8 rings (SSSR count). The van der Waals surface area contributed by atoms with Gasteiger partial charge in [-0.2, -0.15) is 0 Å². The van der Waals surface area contributed by atoms with Gasteiger partial charge in [0.05, 0.1) is 16.6 Å². The van der Waals surface area contributed by atoms with E-state index in [0.29, 0.717) is 11.4 Å². The fourth-order valence-electron chi connectivity index (χ4n) is 7.59. The first-order chi connectivity index (χ1) is 26.9. The molecule has 0 amide bonds. The van der Waals surface area contributed by atoms with Gasteiger partial charge in [-0.1, -0.05) is 168 Å². The van der Waals surface area contributed by atoms with Crippen LogP contribution >= 0.6 is 0 Å². The van der Waals surface area contributed by atoms with Crippen LogP contribution in [0.15, 0.2) is 152 Å². The first-order valence-electron chi connectivity index (χ1n) is 19.5. The number of aromatic nitrogens is 3. The number of nitrogens with zero attached hydrogens (tertiary/aromatic N) is 3. The molecule has 0 saturated carbocycles. The van der Waals surface area contributed by atoms with Crippen molar-refractivity contribution in [3.63, 3.8) is 0 Å². The Morgan fingerprint density at radius 1 is 0.614 bits per heavy atom. The molecule has 288 valence electrons. The van der Waals surface area contributed by atoms with Crippen molar-refractivity contribution in [1.82, 2.24) is 14.5 Å². The van der Waals surface area contributed by atoms with E-state index in [0.717, 1.165) is 61.4 Å². The van der Waals surface area contributed by atoms with Gasteiger partial charge in [0.25, 0.3) is 0 Å². The standard InChI is InChI=1S/C52H48N3O.Pt/c1-34(35-17-10-8-11-18-35)36-24-26-37(27-25-36)38-29-39(31-40(30-38)46-22-14-15-28-53-46)43-21-16-23-47-48(43)54-50(55(47)42-19-12-9-13-20-42)44-32-41(51(2,3)4)33-45(49(44)56)52(5,6)7;/h8-30,32-34,56H,1-7H3;/q-1;. The molecule has 6 aromatic carbocycles. The number of imidazole rings is 1. The zero-order chi connectivity index (χ0) is 39.2. The van der Waals surface area contributed by atoms with Gasteiger partial charge in [-0.15, -0.1) is 23.8 Å². The van der Waals surface area contributed by atoms with Crippen LogP contribution < -0.4 is 0 Å². The fraction of sp³-hybridized carbons (Fsp3) is 0.192. The van der Waals surface area contributed by atoms with Crippen molar-refractivity contribution in [3.05, 3.63) is 180 Å². The quantitative estimate of drug-likeness (QED) is 0.162. The van der Waals surface area contributed by atoms with Crippen LogP contribution in [0, 0.1) is 6.07 Å². The summed E-state index contributed by atoms with van der Waals surface area (Å²) in [6, 6.07) is 54.6. The summed E-state index contributed by atoms with van der Waals surface area (Å²) in [4.78, 5) is 10.2. The van der Waals surface area contributed by atoms with Crippen LogP contribution in [0.4, 0.5) is 0 Å². The van der Waals surface area contributed by atoms with Crippen molar-refractivity contribution < 1.29 is 26.2 Å². The number of fused-ring (bicyclic) bond motifs is 1. The van der Waals surface area contributed by atoms with Gasteiger partial charge >= 0.3 is 0 Å². The van der Waals surface area contributed by atoms with Gasteiger partial charge in [0.2, 0.25) is 0 Å². The molecular formula is C52H48N3OPt-. The summed E-state index contributed by atoms with van der Waals surface area (Å²) in [5.41, 5.74) is 13.5. The fourth-order valence-corrected chi connectivity index (χ4v) is 7.59. The van der Waals surface area contributed by atoms with E-state index < -0.39 is 0 Å². The Balaban J connectivity index is 0.00000496. The molecule has 1 atom stereocenters. The van der Waals surface area contributed by atoms with Crippen LogP contribution in [-0.2, 0) is 31.9 Å². The average Bonchev–Trinajstić information content (AvgIpc) is 3.60. The molecule has 0 spiro atoms. The van der Waals surface area contributed by atoms with E-state index in [1.807, 2.05) is 42.6 Å². The van der Waals surface area contributed by atoms with Gasteiger partial charge in [-0.25, -0.2) is 4.98 Å². The Labute approximate surface area is 351 Å². The summed E-state index contributed by atoms with van der Waals surface area (Å²) in [6.45, 7) is 15.3. The zero-order valence-electron chi connectivity index (χ0n) is 33.6. The zero-order valence-corrected chi connectivity index (χ0v) is 35.9. The first-order valence-corrected chi connectivity index (χ1v) is 19.5. The molecule has 57 heavy (non-hydrogen) atoms. The Morgan fingerprint density at radius 3 is 1.91 bits per heavy atom. The molecule has 1 unspecified atom stereocenters. The van der Waals surface area contributed by atoms with E-state index in [-0.39, 0.29) is 43.6 Å². The number of phenols is 1. The largest absolute Gasteiger partial charge is 0.507 e. The molecule has 2 aromatic heterocycles. The van der Waals surface area contributed by atoms with Crippen molar-refractivity contribution in [3.8, 4) is 56.3 Å². The predicted molar refractivity (Wildman–Crippen MR) is 232 cm³/mol. The van der Waals surface area contributed by atoms with Gasteiger partial charge in [0.15, 0.2) is 0 Å². The van der Waals surface area contributed by atoms with Gasteiger partial charge in [0.1, 0.15) is 11.6 Å². The normalized spacial score (nSPS) is 12.3. The maximum Gasteiger partial charge on any atom is 0.148 e. The molecular weight excluding hydrogens is 878 g/mol. The molecule has 0 aliphatic carbocycles. The number of rotatable bonds is 7. The summed E-state index contributed by atoms with van der Waals surface area (Å²) in [5, 5.41) is 12.1. The van der Waals surface area contributed by atoms with Crippen LogP contribution in [0.5, 0.6) is 5.75 Å². The molecule has 0 bridgehead atoms. The molecule has 0 fully saturated rings. The number of pyridine rings is 1. The summed E-state index contributed by atoms with van der Waals surface area (Å²) in [7, 11) is 0. The van der Waals surface area contributed by atoms with E-state index in [1.165, 1.54) is 11.1 Å². The Hall–Kier alpha value is -5.57. The van der Waals surface area contributed by atoms with Crippen molar-refractivity contribution in [2.24, 2.45) is 0 Å². The minimum atomic E-state index is -0.288. The third-order valence-electron chi connectivity index (χ3n) is 10.9. The van der Waals surface area contributed by atoms with E-state index >= 15 is 0 Å². The maximum absolute atomic E-state index is 12.1. The summed E-state index contributed by atoms with van der Waals surface area (Å²) < 4.78 is 2.18. The molecule has 0 aliphatic rings. The second-order valence-corrected chi connectivity index (χ2v) is 16.9. The van der Waals surface area contributed by atoms with Crippen LogP contribution in [0.25, 0.3) is 61.6 Å². The minimum absolute atomic E-state index is 0. The van der Waals surface area contributed by atoms with Crippen molar-refractivity contribution in [1.29, 1.82) is 0 Å². The molecule has 0 radical (unpaired) electrons. The number of para-hydroxylation sites is 2. The van der Waals surface area contributed by atoms with E-state index in [1.54, 1.807) is 0 Å². The SMILES string of the molecule is CC(c1ccccc1)c1ccc(-c2cc(-c3ccccn3)[c-]c(-c3cccc4c3nc(-c3cc(C(C)(C)C)cc(C(C)(C)C)c3O)n4-c3ccccc3)c2)cc1.[Pt]. The van der Waals surface area contributed by atoms with Crippen molar-refractivity contribution in [2.75, 3.05) is 0 Å². The van der Waals surface area contributed by atoms with Gasteiger partial charge in [-0.05, 0) is 63.4 Å². The monoisotopic (exact) mass is 925 g/mol. The van der Waals surface area contributed by atoms with E-state index in [4.69, 9.17) is 9.97 Å². The van der Waals surface area contributed by atoms with E-state index in [2.05, 4.69) is 168 Å². The third-order valence-corrected chi connectivity index (χ3v) is 10.9. The first kappa shape index (κ1) is 39.7. The second kappa shape index (κ2) is 15.8. The number of benzene rings is 6. The summed E-state index contributed by atoms with van der Waals surface area (Å²) >= 11 is 0. The Bertz CT molecular complexity index is 2650. The van der Waals surface area contributed by atoms with Gasteiger partial charge in [-0.3, -0.25) is 9.55 Å². The van der Waals surface area contributed by atoms with Crippen molar-refractivity contribution >= 4 is 11.0 Å². The van der Waals surface area contributed by atoms with Crippen LogP contribution in [0.2, 0.25) is 0 Å². The third kappa shape index (κ3) is 7.89. The topological polar surface area (TPSA) is 50.9 Å². The van der Waals surface area contributed by atoms with Gasteiger partial charge < -0.3 is 5.11 Å². The smallest absolute Gasteiger partial charge is 0.148 e. The molecule has 0 aliphatic heterocycles. The summed E-state index contributed by atoms with van der Waals surface area (Å²) in [6.07, 6.45) is 1.83. The van der Waals surface area contributed by atoms with Gasteiger partial charge in [0, 0.05) is 50.1 Å². The summed E-state index contributed by atoms with van der Waals surface area (Å²) in [5.74, 6) is 1.23. The van der Waals surface area contributed by atoms with Crippen LogP contribution in [-0.4, -0.2) is 19.6 Å². The number of hydrogen-bond donors (Lipinski definition) is 1. The maximum atomic E-state index is 12.1.